The first kappa shape index (κ1) is 26.7. The Morgan fingerprint density at radius 1 is 0.900 bits per heavy atom. The van der Waals surface area contributed by atoms with Crippen LogP contribution in [0.15, 0.2) is 95.6 Å². The fraction of sp³-hybridized carbons (Fsp3) is 0.194. The molecule has 2 amide bonds. The van der Waals surface area contributed by atoms with E-state index in [2.05, 4.69) is 10.6 Å². The van der Waals surface area contributed by atoms with E-state index in [1.54, 1.807) is 6.92 Å². The van der Waals surface area contributed by atoms with Gasteiger partial charge in [-0.05, 0) is 34.7 Å². The van der Waals surface area contributed by atoms with Crippen molar-refractivity contribution in [2.24, 2.45) is 0 Å². The Balaban J connectivity index is 1.20. The van der Waals surface area contributed by atoms with E-state index >= 15 is 0 Å². The van der Waals surface area contributed by atoms with E-state index in [-0.39, 0.29) is 30.6 Å². The lowest BCUT2D eigenvalue weighted by Gasteiger charge is -2.21. The van der Waals surface area contributed by atoms with E-state index in [9.17, 15) is 19.5 Å². The number of amides is 2. The number of furan rings is 1. The van der Waals surface area contributed by atoms with Crippen LogP contribution in [0.3, 0.4) is 0 Å². The molecule has 0 aliphatic heterocycles. The van der Waals surface area contributed by atoms with E-state index in [1.165, 1.54) is 12.3 Å². The van der Waals surface area contributed by atoms with Gasteiger partial charge in [-0.3, -0.25) is 10.1 Å². The predicted molar refractivity (Wildman–Crippen MR) is 147 cm³/mol. The molecule has 9 heteroatoms. The Bertz CT molecular complexity index is 1470. The van der Waals surface area contributed by atoms with Gasteiger partial charge in [-0.15, -0.1) is 0 Å². The van der Waals surface area contributed by atoms with Gasteiger partial charge in [0.15, 0.2) is 6.04 Å². The number of carboxylic acids is 1. The third-order valence-electron chi connectivity index (χ3n) is 6.83. The summed E-state index contributed by atoms with van der Waals surface area (Å²) in [5.41, 5.74) is 5.28. The minimum atomic E-state index is -1.36. The van der Waals surface area contributed by atoms with Crippen LogP contribution in [0.2, 0.25) is 0 Å². The molecule has 1 aromatic heterocycles. The lowest BCUT2D eigenvalue weighted by Crippen LogP contribution is -2.48. The standard InChI is InChI=1S/C31H28N2O7/c1-19(39-17-20-9-3-2-4-10-20)27(30(35)36)33-29(34)28-26(15-16-38-28)32-31(37)40-18-25-23-13-7-5-11-21(23)22-12-6-8-14-24(22)25/h2-16,19,25,27H,17-18H2,1H3,(H,32,37)(H,33,34)(H,35,36)/t19-,27+/m0/s1. The molecular formula is C31H28N2O7. The first-order chi connectivity index (χ1) is 19.4. The van der Waals surface area contributed by atoms with Gasteiger partial charge in [0.05, 0.1) is 24.7 Å². The third-order valence-corrected chi connectivity index (χ3v) is 6.83. The highest BCUT2D eigenvalue weighted by atomic mass is 16.5. The Kier molecular flexibility index (Phi) is 7.93. The van der Waals surface area contributed by atoms with Crippen molar-refractivity contribution in [1.29, 1.82) is 0 Å². The van der Waals surface area contributed by atoms with Crippen LogP contribution in [0.1, 0.15) is 40.1 Å². The van der Waals surface area contributed by atoms with Crippen LogP contribution in [0, 0.1) is 0 Å². The molecule has 1 heterocycles. The monoisotopic (exact) mass is 540 g/mol. The molecule has 0 saturated heterocycles. The molecule has 0 unspecified atom stereocenters. The number of anilines is 1. The number of ether oxygens (including phenoxy) is 2. The fourth-order valence-electron chi connectivity index (χ4n) is 4.81. The number of hydrogen-bond acceptors (Lipinski definition) is 6. The molecule has 4 aromatic rings. The van der Waals surface area contributed by atoms with E-state index in [0.29, 0.717) is 0 Å². The molecular weight excluding hydrogens is 512 g/mol. The van der Waals surface area contributed by atoms with Crippen LogP contribution in [0.4, 0.5) is 10.5 Å². The maximum absolute atomic E-state index is 12.9. The van der Waals surface area contributed by atoms with Gasteiger partial charge in [-0.25, -0.2) is 9.59 Å². The van der Waals surface area contributed by atoms with Crippen molar-refractivity contribution in [2.75, 3.05) is 11.9 Å². The number of carbonyl (C=O) groups is 3. The molecule has 40 heavy (non-hydrogen) atoms. The average Bonchev–Trinajstić information content (AvgIpc) is 3.56. The Morgan fingerprint density at radius 3 is 2.17 bits per heavy atom. The van der Waals surface area contributed by atoms with Gasteiger partial charge in [0.1, 0.15) is 6.61 Å². The highest BCUT2D eigenvalue weighted by Crippen LogP contribution is 2.44. The van der Waals surface area contributed by atoms with Gasteiger partial charge >= 0.3 is 12.1 Å². The highest BCUT2D eigenvalue weighted by Gasteiger charge is 2.31. The highest BCUT2D eigenvalue weighted by molar-refractivity contribution is 6.01. The number of benzene rings is 3. The van der Waals surface area contributed by atoms with Gasteiger partial charge < -0.3 is 24.3 Å². The third kappa shape index (κ3) is 5.74. The molecule has 5 rings (SSSR count). The first-order valence-electron chi connectivity index (χ1n) is 12.8. The number of carbonyl (C=O) groups excluding carboxylic acids is 2. The lowest BCUT2D eigenvalue weighted by atomic mass is 9.98. The van der Waals surface area contributed by atoms with E-state index in [0.717, 1.165) is 27.8 Å². The summed E-state index contributed by atoms with van der Waals surface area (Å²) in [4.78, 5) is 37.5. The Hall–Kier alpha value is -4.89. The molecule has 1 aliphatic carbocycles. The van der Waals surface area contributed by atoms with E-state index in [4.69, 9.17) is 13.9 Å². The van der Waals surface area contributed by atoms with Crippen molar-refractivity contribution in [3.05, 3.63) is 114 Å². The smallest absolute Gasteiger partial charge is 0.411 e. The van der Waals surface area contributed by atoms with Crippen LogP contribution >= 0.6 is 0 Å². The number of hydrogen-bond donors (Lipinski definition) is 3. The molecule has 0 bridgehead atoms. The van der Waals surface area contributed by atoms with Crippen molar-refractivity contribution in [3.8, 4) is 11.1 Å². The number of carboxylic acid groups (broad SMARTS) is 1. The zero-order valence-corrected chi connectivity index (χ0v) is 21.7. The van der Waals surface area contributed by atoms with Crippen molar-refractivity contribution < 1.29 is 33.4 Å². The Morgan fingerprint density at radius 2 is 1.52 bits per heavy atom. The molecule has 3 N–H and O–H groups in total. The quantitative estimate of drug-likeness (QED) is 0.245. The first-order valence-corrected chi connectivity index (χ1v) is 12.8. The predicted octanol–water partition coefficient (Wildman–Crippen LogP) is 5.43. The molecule has 0 radical (unpaired) electrons. The minimum Gasteiger partial charge on any atom is -0.480 e. The lowest BCUT2D eigenvalue weighted by molar-refractivity contribution is -0.143. The number of aliphatic carboxylic acids is 1. The van der Waals surface area contributed by atoms with Gasteiger partial charge in [0, 0.05) is 12.0 Å². The summed E-state index contributed by atoms with van der Waals surface area (Å²) < 4.78 is 16.5. The maximum Gasteiger partial charge on any atom is 0.411 e. The van der Waals surface area contributed by atoms with Gasteiger partial charge in [0.2, 0.25) is 5.76 Å². The summed E-state index contributed by atoms with van der Waals surface area (Å²) in [6.07, 6.45) is -0.402. The molecule has 0 spiro atoms. The largest absolute Gasteiger partial charge is 0.480 e. The molecule has 2 atom stereocenters. The van der Waals surface area contributed by atoms with Gasteiger partial charge in [-0.2, -0.15) is 0 Å². The molecule has 0 fully saturated rings. The van der Waals surface area contributed by atoms with Gasteiger partial charge in [-0.1, -0.05) is 78.9 Å². The van der Waals surface area contributed by atoms with Crippen molar-refractivity contribution in [2.45, 2.75) is 31.6 Å². The zero-order chi connectivity index (χ0) is 28.1. The van der Waals surface area contributed by atoms with Crippen LogP contribution in [-0.2, 0) is 20.9 Å². The number of nitrogens with one attached hydrogen (secondary N) is 2. The summed E-state index contributed by atoms with van der Waals surface area (Å²) in [6.45, 7) is 1.83. The van der Waals surface area contributed by atoms with Gasteiger partial charge in [0.25, 0.3) is 5.91 Å². The SMILES string of the molecule is C[C@H](OCc1ccccc1)[C@@H](NC(=O)c1occc1NC(=O)OCC1c2ccccc2-c2ccccc21)C(=O)O. The topological polar surface area (TPSA) is 127 Å². The molecule has 0 saturated carbocycles. The van der Waals surface area contributed by atoms with Crippen molar-refractivity contribution >= 4 is 23.7 Å². The van der Waals surface area contributed by atoms with Crippen LogP contribution in [0.25, 0.3) is 11.1 Å². The van der Waals surface area contributed by atoms with Crippen molar-refractivity contribution in [1.82, 2.24) is 5.32 Å². The summed E-state index contributed by atoms with van der Waals surface area (Å²) in [5.74, 6) is -2.47. The van der Waals surface area contributed by atoms with Crippen LogP contribution in [-0.4, -0.2) is 41.8 Å². The number of rotatable bonds is 10. The summed E-state index contributed by atoms with van der Waals surface area (Å²) in [5, 5.41) is 14.6. The van der Waals surface area contributed by atoms with Crippen LogP contribution < -0.4 is 10.6 Å². The summed E-state index contributed by atoms with van der Waals surface area (Å²) in [7, 11) is 0. The second kappa shape index (κ2) is 11.9. The molecule has 204 valence electrons. The normalized spacial score (nSPS) is 13.5. The second-order valence-corrected chi connectivity index (χ2v) is 9.41. The zero-order valence-electron chi connectivity index (χ0n) is 21.7. The van der Waals surface area contributed by atoms with E-state index < -0.39 is 30.1 Å². The summed E-state index contributed by atoms with van der Waals surface area (Å²) in [6, 6.07) is 25.3. The molecule has 9 nitrogen and oxygen atoms in total. The minimum absolute atomic E-state index is 0.0525. The second-order valence-electron chi connectivity index (χ2n) is 9.41. The summed E-state index contributed by atoms with van der Waals surface area (Å²) >= 11 is 0. The molecule has 1 aliphatic rings. The van der Waals surface area contributed by atoms with Crippen molar-refractivity contribution in [3.63, 3.8) is 0 Å². The Labute approximate surface area is 230 Å². The van der Waals surface area contributed by atoms with E-state index in [1.807, 2.05) is 78.9 Å². The number of fused-ring (bicyclic) bond motifs is 3. The van der Waals surface area contributed by atoms with Crippen LogP contribution in [0.5, 0.6) is 0 Å². The fourth-order valence-corrected chi connectivity index (χ4v) is 4.81. The molecule has 3 aromatic carbocycles. The average molecular weight is 541 g/mol. The maximum atomic E-state index is 12.9.